The van der Waals surface area contributed by atoms with Crippen LogP contribution < -0.4 is 0 Å². The van der Waals surface area contributed by atoms with Crippen LogP contribution in [0.2, 0.25) is 0 Å². The number of rotatable bonds is 9. The van der Waals surface area contributed by atoms with Crippen molar-refractivity contribution in [1.82, 2.24) is 0 Å². The summed E-state index contributed by atoms with van der Waals surface area (Å²) in [5, 5.41) is 8.66. The van der Waals surface area contributed by atoms with Gasteiger partial charge in [-0.25, -0.2) is 0 Å². The molecule has 0 bridgehead atoms. The van der Waals surface area contributed by atoms with Gasteiger partial charge >= 0.3 is 0 Å². The van der Waals surface area contributed by atoms with Crippen molar-refractivity contribution in [3.05, 3.63) is 0 Å². The lowest BCUT2D eigenvalue weighted by atomic mass is 10.1. The molecule has 0 fully saturated rings. The molecule has 80 valence electrons. The van der Waals surface area contributed by atoms with Gasteiger partial charge < -0.3 is 9.84 Å². The van der Waals surface area contributed by atoms with Crippen LogP contribution in [0.15, 0.2) is 0 Å². The van der Waals surface area contributed by atoms with Gasteiger partial charge in [0.05, 0.1) is 6.10 Å². The molecule has 0 heterocycles. The summed E-state index contributed by atoms with van der Waals surface area (Å²) in [6.45, 7) is 2.51. The summed E-state index contributed by atoms with van der Waals surface area (Å²) in [6, 6.07) is 0. The maximum absolute atomic E-state index is 8.66. The smallest absolute Gasteiger partial charge is 0.0572 e. The van der Waals surface area contributed by atoms with Crippen molar-refractivity contribution < 1.29 is 9.84 Å². The van der Waals surface area contributed by atoms with Gasteiger partial charge in [-0.2, -0.15) is 0 Å². The van der Waals surface area contributed by atoms with E-state index in [1.54, 1.807) is 7.11 Å². The zero-order chi connectivity index (χ0) is 9.94. The summed E-state index contributed by atoms with van der Waals surface area (Å²) in [5.74, 6) is 0. The van der Waals surface area contributed by atoms with Gasteiger partial charge in [0.25, 0.3) is 0 Å². The van der Waals surface area contributed by atoms with Crippen molar-refractivity contribution in [1.29, 1.82) is 0 Å². The Labute approximate surface area is 82.3 Å². The topological polar surface area (TPSA) is 29.5 Å². The maximum atomic E-state index is 8.66. The van der Waals surface area contributed by atoms with Crippen LogP contribution in [-0.4, -0.2) is 24.9 Å². The first kappa shape index (κ1) is 12.9. The first-order chi connectivity index (χ1) is 6.35. The molecule has 0 saturated heterocycles. The third kappa shape index (κ3) is 8.26. The molecule has 2 nitrogen and oxygen atoms in total. The Bertz CT molecular complexity index is 94.1. The molecule has 2 heteroatoms. The van der Waals surface area contributed by atoms with Gasteiger partial charge in [0, 0.05) is 13.7 Å². The fourth-order valence-corrected chi connectivity index (χ4v) is 1.50. The van der Waals surface area contributed by atoms with E-state index in [0.29, 0.717) is 6.10 Å². The van der Waals surface area contributed by atoms with E-state index in [4.69, 9.17) is 9.84 Å². The van der Waals surface area contributed by atoms with Crippen LogP contribution in [0.5, 0.6) is 0 Å². The molecule has 0 aromatic rings. The number of aliphatic hydroxyl groups is 1. The predicted molar refractivity (Wildman–Crippen MR) is 55.9 cm³/mol. The fraction of sp³-hybridized carbons (Fsp3) is 1.00. The van der Waals surface area contributed by atoms with Crippen LogP contribution in [0, 0.1) is 0 Å². The monoisotopic (exact) mass is 188 g/mol. The third-order valence-corrected chi connectivity index (χ3v) is 2.40. The molecule has 0 amide bonds. The predicted octanol–water partition coefficient (Wildman–Crippen LogP) is 2.74. The highest BCUT2D eigenvalue weighted by atomic mass is 16.5. The Balaban J connectivity index is 3.25. The van der Waals surface area contributed by atoms with Crippen molar-refractivity contribution in [2.45, 2.75) is 58.0 Å². The molecule has 1 atom stereocenters. The number of hydrogen-bond donors (Lipinski definition) is 1. The molecular formula is C11H24O2. The van der Waals surface area contributed by atoms with Gasteiger partial charge in [0.2, 0.25) is 0 Å². The summed E-state index contributed by atoms with van der Waals surface area (Å²) in [6.07, 6.45) is 8.57. The fourth-order valence-electron chi connectivity index (χ4n) is 1.50. The average Bonchev–Trinajstić information content (AvgIpc) is 2.17. The van der Waals surface area contributed by atoms with Gasteiger partial charge in [0.1, 0.15) is 0 Å². The molecule has 0 saturated carbocycles. The molecule has 0 spiro atoms. The van der Waals surface area contributed by atoms with Gasteiger partial charge in [-0.15, -0.1) is 0 Å². The number of hydrogen-bond acceptors (Lipinski definition) is 2. The average molecular weight is 188 g/mol. The highest BCUT2D eigenvalue weighted by Gasteiger charge is 2.05. The minimum absolute atomic E-state index is 0.287. The molecule has 0 radical (unpaired) electrons. The third-order valence-electron chi connectivity index (χ3n) is 2.40. The lowest BCUT2D eigenvalue weighted by molar-refractivity contribution is 0.0788. The van der Waals surface area contributed by atoms with Crippen LogP contribution in [0.3, 0.4) is 0 Å². The number of methoxy groups -OCH3 is 1. The van der Waals surface area contributed by atoms with Crippen LogP contribution in [0.25, 0.3) is 0 Å². The minimum atomic E-state index is 0.287. The van der Waals surface area contributed by atoms with E-state index < -0.39 is 0 Å². The second kappa shape index (κ2) is 10.0. The summed E-state index contributed by atoms with van der Waals surface area (Å²) in [5.41, 5.74) is 0. The van der Waals surface area contributed by atoms with E-state index in [1.165, 1.54) is 25.7 Å². The molecule has 0 unspecified atom stereocenters. The van der Waals surface area contributed by atoms with Crippen LogP contribution in [0.4, 0.5) is 0 Å². The number of ether oxygens (including phenoxy) is 1. The Morgan fingerprint density at radius 2 is 1.77 bits per heavy atom. The molecule has 0 aromatic heterocycles. The zero-order valence-electron chi connectivity index (χ0n) is 9.09. The minimum Gasteiger partial charge on any atom is -0.396 e. The van der Waals surface area contributed by atoms with Crippen molar-refractivity contribution in [3.8, 4) is 0 Å². The molecule has 0 aromatic carbocycles. The molecular weight excluding hydrogens is 164 g/mol. The highest BCUT2D eigenvalue weighted by molar-refractivity contribution is 4.57. The number of unbranched alkanes of at least 4 members (excludes halogenated alkanes) is 3. The quantitative estimate of drug-likeness (QED) is 0.564. The molecule has 0 rings (SSSR count). The van der Waals surface area contributed by atoms with Crippen molar-refractivity contribution in [2.24, 2.45) is 0 Å². The molecule has 0 aliphatic heterocycles. The van der Waals surface area contributed by atoms with Gasteiger partial charge in [-0.3, -0.25) is 0 Å². The summed E-state index contributed by atoms with van der Waals surface area (Å²) in [4.78, 5) is 0. The normalized spacial score (nSPS) is 13.2. The van der Waals surface area contributed by atoms with Crippen LogP contribution in [-0.2, 0) is 4.74 Å². The largest absolute Gasteiger partial charge is 0.396 e. The van der Waals surface area contributed by atoms with E-state index in [9.17, 15) is 0 Å². The standard InChI is InChI=1S/C11H24O2/c1-3-4-5-6-8-11(13-2)9-7-10-12/h11-12H,3-10H2,1-2H3/t11-/m1/s1. The second-order valence-electron chi connectivity index (χ2n) is 3.57. The summed E-state index contributed by atoms with van der Waals surface area (Å²) >= 11 is 0. The Morgan fingerprint density at radius 3 is 2.31 bits per heavy atom. The molecule has 0 aliphatic rings. The lowest BCUT2D eigenvalue weighted by Gasteiger charge is -2.13. The maximum Gasteiger partial charge on any atom is 0.0572 e. The van der Waals surface area contributed by atoms with Crippen molar-refractivity contribution >= 4 is 0 Å². The van der Waals surface area contributed by atoms with Gasteiger partial charge in [0.15, 0.2) is 0 Å². The van der Waals surface area contributed by atoms with Crippen molar-refractivity contribution in [3.63, 3.8) is 0 Å². The van der Waals surface area contributed by atoms with E-state index in [2.05, 4.69) is 6.92 Å². The molecule has 1 N–H and O–H groups in total. The highest BCUT2D eigenvalue weighted by Crippen LogP contribution is 2.11. The van der Waals surface area contributed by atoms with E-state index in [-0.39, 0.29) is 6.61 Å². The van der Waals surface area contributed by atoms with E-state index >= 15 is 0 Å². The lowest BCUT2D eigenvalue weighted by Crippen LogP contribution is -2.10. The van der Waals surface area contributed by atoms with Crippen LogP contribution in [0.1, 0.15) is 51.9 Å². The van der Waals surface area contributed by atoms with E-state index in [0.717, 1.165) is 19.3 Å². The van der Waals surface area contributed by atoms with Crippen molar-refractivity contribution in [2.75, 3.05) is 13.7 Å². The molecule has 13 heavy (non-hydrogen) atoms. The Morgan fingerprint density at radius 1 is 1.08 bits per heavy atom. The summed E-state index contributed by atoms with van der Waals surface area (Å²) in [7, 11) is 1.77. The Hall–Kier alpha value is -0.0800. The SMILES string of the molecule is CCCCCC[C@H](CCCO)OC. The summed E-state index contributed by atoms with van der Waals surface area (Å²) < 4.78 is 5.32. The van der Waals surface area contributed by atoms with Gasteiger partial charge in [-0.05, 0) is 19.3 Å². The van der Waals surface area contributed by atoms with Crippen LogP contribution >= 0.6 is 0 Å². The first-order valence-electron chi connectivity index (χ1n) is 5.48. The Kier molecular flexibility index (Phi) is 9.94. The zero-order valence-corrected chi connectivity index (χ0v) is 9.09. The van der Waals surface area contributed by atoms with E-state index in [1.807, 2.05) is 0 Å². The second-order valence-corrected chi connectivity index (χ2v) is 3.57. The molecule has 0 aliphatic carbocycles. The number of aliphatic hydroxyl groups excluding tert-OH is 1. The first-order valence-corrected chi connectivity index (χ1v) is 5.48. The van der Waals surface area contributed by atoms with Gasteiger partial charge in [-0.1, -0.05) is 32.6 Å².